The number of carbonyl (C=O) groups is 3. The molecule has 3 N–H and O–H groups in total. The maximum Gasteiger partial charge on any atom is 0.411 e. The normalized spacial score (nSPS) is 22.8. The number of nitrogens with two attached hydrogens (primary N) is 1. The largest absolute Gasteiger partial charge is 0.480 e. The molecule has 0 bridgehead atoms. The average Bonchev–Trinajstić information content (AvgIpc) is 2.90. The predicted octanol–water partition coefficient (Wildman–Crippen LogP) is 1.73. The highest BCUT2D eigenvalue weighted by Gasteiger charge is 2.60. The first-order valence-electron chi connectivity index (χ1n) is 8.27. The van der Waals surface area contributed by atoms with Crippen LogP contribution in [-0.4, -0.2) is 46.3 Å². The van der Waals surface area contributed by atoms with Crippen LogP contribution in [0.4, 0.5) is 4.79 Å². The van der Waals surface area contributed by atoms with Crippen LogP contribution in [0.2, 0.25) is 0 Å². The maximum absolute atomic E-state index is 12.5. The van der Waals surface area contributed by atoms with E-state index >= 15 is 0 Å². The van der Waals surface area contributed by atoms with Crippen molar-refractivity contribution >= 4 is 18.0 Å². The molecule has 1 fully saturated rings. The first kappa shape index (κ1) is 19.7. The number of carbonyl (C=O) groups excluding carboxylic acids is 2. The molecule has 0 saturated carbocycles. The number of carboxylic acids is 1. The lowest BCUT2D eigenvalue weighted by Crippen LogP contribution is -2.57. The number of hydrogen-bond donors (Lipinski definition) is 2. The fourth-order valence-corrected chi connectivity index (χ4v) is 2.77. The SMILES string of the molecule is CC(C)(C)OC(=O)[C@@]1(C(=O)O)CCN(C(=O)OCc2ccccc2)[C@@H]1N. The van der Waals surface area contributed by atoms with E-state index in [1.807, 2.05) is 18.2 Å². The molecule has 8 nitrogen and oxygen atoms in total. The molecule has 0 unspecified atom stereocenters. The molecule has 8 heteroatoms. The van der Waals surface area contributed by atoms with Crippen molar-refractivity contribution in [1.29, 1.82) is 0 Å². The third-order valence-corrected chi connectivity index (χ3v) is 4.17. The van der Waals surface area contributed by atoms with E-state index in [4.69, 9.17) is 15.2 Å². The maximum atomic E-state index is 12.5. The molecule has 1 aromatic rings. The van der Waals surface area contributed by atoms with E-state index in [0.717, 1.165) is 10.5 Å². The van der Waals surface area contributed by atoms with Crippen LogP contribution in [0.1, 0.15) is 32.8 Å². The minimum atomic E-state index is -2.01. The molecular formula is C18H24N2O6. The third-order valence-electron chi connectivity index (χ3n) is 4.17. The summed E-state index contributed by atoms with van der Waals surface area (Å²) in [5.41, 5.74) is 3.89. The van der Waals surface area contributed by atoms with Crippen molar-refractivity contribution in [3.63, 3.8) is 0 Å². The Balaban J connectivity index is 2.12. The molecule has 1 aliphatic heterocycles. The Morgan fingerprint density at radius 1 is 1.27 bits per heavy atom. The molecule has 1 aromatic carbocycles. The van der Waals surface area contributed by atoms with Gasteiger partial charge in [-0.15, -0.1) is 0 Å². The van der Waals surface area contributed by atoms with Crippen molar-refractivity contribution in [3.05, 3.63) is 35.9 Å². The minimum Gasteiger partial charge on any atom is -0.480 e. The highest BCUT2D eigenvalue weighted by molar-refractivity contribution is 6.01. The van der Waals surface area contributed by atoms with Gasteiger partial charge in [0.15, 0.2) is 5.41 Å². The summed E-state index contributed by atoms with van der Waals surface area (Å²) in [5.74, 6) is -2.37. The van der Waals surface area contributed by atoms with Crippen LogP contribution in [0, 0.1) is 5.41 Å². The highest BCUT2D eigenvalue weighted by Crippen LogP contribution is 2.37. The third kappa shape index (κ3) is 3.96. The van der Waals surface area contributed by atoms with Gasteiger partial charge in [0.1, 0.15) is 18.4 Å². The van der Waals surface area contributed by atoms with Crippen LogP contribution in [0.25, 0.3) is 0 Å². The summed E-state index contributed by atoms with van der Waals surface area (Å²) in [5, 5.41) is 9.65. The molecule has 2 rings (SSSR count). The zero-order chi connectivity index (χ0) is 19.5. The van der Waals surface area contributed by atoms with E-state index in [-0.39, 0.29) is 19.6 Å². The van der Waals surface area contributed by atoms with E-state index in [1.165, 1.54) is 0 Å². The lowest BCUT2D eigenvalue weighted by molar-refractivity contribution is -0.178. The number of ether oxygens (including phenoxy) is 2. The summed E-state index contributed by atoms with van der Waals surface area (Å²) in [7, 11) is 0. The first-order chi connectivity index (χ1) is 12.1. The van der Waals surface area contributed by atoms with E-state index in [2.05, 4.69) is 0 Å². The second kappa shape index (κ2) is 7.33. The predicted molar refractivity (Wildman–Crippen MR) is 91.8 cm³/mol. The number of nitrogens with zero attached hydrogens (tertiary/aromatic N) is 1. The Morgan fingerprint density at radius 2 is 1.88 bits per heavy atom. The molecule has 142 valence electrons. The van der Waals surface area contributed by atoms with Gasteiger partial charge in [-0.2, -0.15) is 0 Å². The van der Waals surface area contributed by atoms with E-state index in [0.29, 0.717) is 0 Å². The Morgan fingerprint density at radius 3 is 2.42 bits per heavy atom. The number of likely N-dealkylation sites (tertiary alicyclic amines) is 1. The number of aliphatic carboxylic acids is 1. The quantitative estimate of drug-likeness (QED) is 0.617. The summed E-state index contributed by atoms with van der Waals surface area (Å²) in [4.78, 5) is 37.8. The van der Waals surface area contributed by atoms with Crippen molar-refractivity contribution in [2.75, 3.05) is 6.54 Å². The molecule has 1 saturated heterocycles. The van der Waals surface area contributed by atoms with Crippen molar-refractivity contribution in [3.8, 4) is 0 Å². The monoisotopic (exact) mass is 364 g/mol. The van der Waals surface area contributed by atoms with Gasteiger partial charge in [-0.3, -0.25) is 14.5 Å². The number of amides is 1. The molecular weight excluding hydrogens is 340 g/mol. The van der Waals surface area contributed by atoms with Crippen molar-refractivity contribution in [2.45, 2.75) is 45.6 Å². The van der Waals surface area contributed by atoms with Crippen LogP contribution in [0.5, 0.6) is 0 Å². The van der Waals surface area contributed by atoms with Gasteiger partial charge in [0, 0.05) is 6.54 Å². The first-order valence-corrected chi connectivity index (χ1v) is 8.27. The van der Waals surface area contributed by atoms with Gasteiger partial charge >= 0.3 is 18.0 Å². The number of carboxylic acid groups (broad SMARTS) is 1. The average molecular weight is 364 g/mol. The zero-order valence-electron chi connectivity index (χ0n) is 15.1. The van der Waals surface area contributed by atoms with Crippen LogP contribution in [0.15, 0.2) is 30.3 Å². The summed E-state index contributed by atoms with van der Waals surface area (Å²) in [6.07, 6.45) is -2.29. The molecule has 26 heavy (non-hydrogen) atoms. The van der Waals surface area contributed by atoms with Crippen molar-refractivity contribution in [2.24, 2.45) is 11.1 Å². The van der Waals surface area contributed by atoms with Gasteiger partial charge in [-0.25, -0.2) is 4.79 Å². The van der Waals surface area contributed by atoms with Gasteiger partial charge < -0.3 is 20.3 Å². The number of hydrogen-bond acceptors (Lipinski definition) is 6. The van der Waals surface area contributed by atoms with E-state index in [9.17, 15) is 19.5 Å². The van der Waals surface area contributed by atoms with Crippen LogP contribution in [0.3, 0.4) is 0 Å². The summed E-state index contributed by atoms with van der Waals surface area (Å²) in [6, 6.07) is 9.04. The Hall–Kier alpha value is -2.61. The number of rotatable bonds is 4. The van der Waals surface area contributed by atoms with Crippen molar-refractivity contribution in [1.82, 2.24) is 4.90 Å². The summed E-state index contributed by atoms with van der Waals surface area (Å²) in [6.45, 7) is 4.90. The van der Waals surface area contributed by atoms with Crippen LogP contribution >= 0.6 is 0 Å². The standard InChI is InChI=1S/C18H24N2O6/c1-17(2,3)26-15(23)18(14(21)22)9-10-20(13(18)19)16(24)25-11-12-7-5-4-6-8-12/h4-8,13H,9-11,19H2,1-3H3,(H,21,22)/t13-,18-/m0/s1. The van der Waals surface area contributed by atoms with E-state index in [1.54, 1.807) is 32.9 Å². The summed E-state index contributed by atoms with van der Waals surface area (Å²) >= 11 is 0. The number of benzene rings is 1. The van der Waals surface area contributed by atoms with Crippen LogP contribution < -0.4 is 5.73 Å². The second-order valence-corrected chi connectivity index (χ2v) is 7.21. The molecule has 0 aliphatic carbocycles. The molecule has 2 atom stereocenters. The summed E-state index contributed by atoms with van der Waals surface area (Å²) < 4.78 is 10.4. The van der Waals surface area contributed by atoms with Gasteiger partial charge in [0.25, 0.3) is 0 Å². The Kier molecular flexibility index (Phi) is 5.56. The molecule has 0 spiro atoms. The molecule has 1 aliphatic rings. The van der Waals surface area contributed by atoms with Gasteiger partial charge in [-0.05, 0) is 32.8 Å². The molecule has 0 radical (unpaired) electrons. The zero-order valence-corrected chi connectivity index (χ0v) is 15.1. The highest BCUT2D eigenvalue weighted by atomic mass is 16.6. The molecule has 1 heterocycles. The van der Waals surface area contributed by atoms with Gasteiger partial charge in [0.2, 0.25) is 0 Å². The second-order valence-electron chi connectivity index (χ2n) is 7.21. The van der Waals surface area contributed by atoms with Crippen molar-refractivity contribution < 1.29 is 29.0 Å². The Labute approximate surface area is 151 Å². The lowest BCUT2D eigenvalue weighted by atomic mass is 9.84. The van der Waals surface area contributed by atoms with Crippen LogP contribution in [-0.2, 0) is 25.7 Å². The Bertz CT molecular complexity index is 685. The topological polar surface area (TPSA) is 119 Å². The fourth-order valence-electron chi connectivity index (χ4n) is 2.77. The smallest absolute Gasteiger partial charge is 0.411 e. The molecule has 0 aromatic heterocycles. The molecule has 1 amide bonds. The van der Waals surface area contributed by atoms with Gasteiger partial charge in [-0.1, -0.05) is 30.3 Å². The van der Waals surface area contributed by atoms with E-state index < -0.39 is 35.2 Å². The minimum absolute atomic E-state index is 0.0136. The lowest BCUT2D eigenvalue weighted by Gasteiger charge is -2.32. The number of esters is 1. The fraction of sp³-hybridized carbons (Fsp3) is 0.500. The van der Waals surface area contributed by atoms with Gasteiger partial charge in [0.05, 0.1) is 0 Å².